The molecule has 1 amide bonds. The Bertz CT molecular complexity index is 714. The largest absolute Gasteiger partial charge is 0.345 e. The van der Waals surface area contributed by atoms with Crippen molar-refractivity contribution in [3.05, 3.63) is 74.3 Å². The van der Waals surface area contributed by atoms with E-state index in [0.717, 1.165) is 5.56 Å². The Hall–Kier alpha value is -2.40. The molecule has 6 heteroatoms. The molecule has 114 valence electrons. The molecule has 0 fully saturated rings. The summed E-state index contributed by atoms with van der Waals surface area (Å²) in [4.78, 5) is 23.0. The Kier molecular flexibility index (Phi) is 4.78. The highest BCUT2D eigenvalue weighted by atomic mass is 35.5. The highest BCUT2D eigenvalue weighted by molar-refractivity contribution is 6.30. The number of aryl methyl sites for hydroxylation is 1. The number of carbonyl (C=O) groups is 1. The van der Waals surface area contributed by atoms with Crippen molar-refractivity contribution in [2.75, 3.05) is 0 Å². The summed E-state index contributed by atoms with van der Waals surface area (Å²) in [5.74, 6) is -0.474. The topological polar surface area (TPSA) is 72.2 Å². The Morgan fingerprint density at radius 1 is 1.23 bits per heavy atom. The molecule has 1 atom stereocenters. The Morgan fingerprint density at radius 3 is 2.45 bits per heavy atom. The standard InChI is InChI=1S/C16H15ClN2O3/c1-10-4-3-5-14(15(10)19(21)22)16(20)18-11(2)12-6-8-13(17)9-7-12/h3-9,11H,1-2H3,(H,18,20)/t11-/m1/s1. The van der Waals surface area contributed by atoms with Gasteiger partial charge >= 0.3 is 0 Å². The van der Waals surface area contributed by atoms with Crippen LogP contribution in [0.3, 0.4) is 0 Å². The second kappa shape index (κ2) is 6.58. The molecule has 0 saturated heterocycles. The minimum absolute atomic E-state index is 0.0609. The van der Waals surface area contributed by atoms with E-state index >= 15 is 0 Å². The van der Waals surface area contributed by atoms with Crippen LogP contribution in [0.5, 0.6) is 0 Å². The van der Waals surface area contributed by atoms with E-state index in [9.17, 15) is 14.9 Å². The monoisotopic (exact) mass is 318 g/mol. The first kappa shape index (κ1) is 16.0. The zero-order chi connectivity index (χ0) is 16.3. The van der Waals surface area contributed by atoms with E-state index in [2.05, 4.69) is 5.32 Å². The molecule has 2 rings (SSSR count). The van der Waals surface area contributed by atoms with Crippen molar-refractivity contribution in [3.8, 4) is 0 Å². The molecule has 0 unspecified atom stereocenters. The fraction of sp³-hybridized carbons (Fsp3) is 0.188. The first-order valence-corrected chi connectivity index (χ1v) is 7.08. The number of rotatable bonds is 4. The lowest BCUT2D eigenvalue weighted by molar-refractivity contribution is -0.385. The average Bonchev–Trinajstić information content (AvgIpc) is 2.47. The maximum absolute atomic E-state index is 12.3. The third kappa shape index (κ3) is 3.43. The van der Waals surface area contributed by atoms with Crippen LogP contribution in [0.4, 0.5) is 5.69 Å². The van der Waals surface area contributed by atoms with Crippen LogP contribution in [0.2, 0.25) is 5.02 Å². The minimum Gasteiger partial charge on any atom is -0.345 e. The maximum Gasteiger partial charge on any atom is 0.285 e. The Labute approximate surface area is 133 Å². The Morgan fingerprint density at radius 2 is 1.86 bits per heavy atom. The Balaban J connectivity index is 2.24. The molecule has 2 aromatic carbocycles. The van der Waals surface area contributed by atoms with Crippen molar-refractivity contribution in [2.24, 2.45) is 0 Å². The van der Waals surface area contributed by atoms with Gasteiger partial charge in [0.1, 0.15) is 5.56 Å². The molecule has 22 heavy (non-hydrogen) atoms. The lowest BCUT2D eigenvalue weighted by atomic mass is 10.1. The van der Waals surface area contributed by atoms with Crippen molar-refractivity contribution in [2.45, 2.75) is 19.9 Å². The van der Waals surface area contributed by atoms with E-state index < -0.39 is 10.8 Å². The van der Waals surface area contributed by atoms with Crippen molar-refractivity contribution in [1.82, 2.24) is 5.32 Å². The van der Waals surface area contributed by atoms with E-state index in [4.69, 9.17) is 11.6 Å². The molecule has 1 N–H and O–H groups in total. The number of nitrogens with one attached hydrogen (secondary N) is 1. The van der Waals surface area contributed by atoms with Crippen molar-refractivity contribution >= 4 is 23.2 Å². The van der Waals surface area contributed by atoms with Crippen LogP contribution in [-0.2, 0) is 0 Å². The summed E-state index contributed by atoms with van der Waals surface area (Å²) in [7, 11) is 0. The van der Waals surface area contributed by atoms with Gasteiger partial charge in [-0.3, -0.25) is 14.9 Å². The summed E-state index contributed by atoms with van der Waals surface area (Å²) in [5.41, 5.74) is 1.22. The van der Waals surface area contributed by atoms with Crippen LogP contribution in [0.15, 0.2) is 42.5 Å². The lowest BCUT2D eigenvalue weighted by Gasteiger charge is -2.15. The van der Waals surface area contributed by atoms with Crippen LogP contribution in [0.25, 0.3) is 0 Å². The van der Waals surface area contributed by atoms with Crippen LogP contribution >= 0.6 is 11.6 Å². The molecule has 0 aliphatic rings. The number of halogens is 1. The predicted octanol–water partition coefficient (Wildman–Crippen LogP) is 4.05. The van der Waals surface area contributed by atoms with Gasteiger partial charge in [0.05, 0.1) is 11.0 Å². The maximum atomic E-state index is 12.3. The molecule has 0 heterocycles. The number of carbonyl (C=O) groups excluding carboxylic acids is 1. The van der Waals surface area contributed by atoms with Crippen LogP contribution in [-0.4, -0.2) is 10.8 Å². The summed E-state index contributed by atoms with van der Waals surface area (Å²) < 4.78 is 0. The van der Waals surface area contributed by atoms with E-state index in [-0.39, 0.29) is 17.3 Å². The first-order chi connectivity index (χ1) is 10.4. The number of amides is 1. The predicted molar refractivity (Wildman–Crippen MR) is 85.2 cm³/mol. The number of nitro groups is 1. The van der Waals surface area contributed by atoms with Gasteiger partial charge < -0.3 is 5.32 Å². The number of nitrogens with zero attached hydrogens (tertiary/aromatic N) is 1. The van der Waals surface area contributed by atoms with Crippen LogP contribution in [0, 0.1) is 17.0 Å². The highest BCUT2D eigenvalue weighted by Gasteiger charge is 2.23. The number of nitro benzene ring substituents is 1. The van der Waals surface area contributed by atoms with Gasteiger partial charge in [0.15, 0.2) is 0 Å². The summed E-state index contributed by atoms with van der Waals surface area (Å²) in [6.07, 6.45) is 0. The fourth-order valence-corrected chi connectivity index (χ4v) is 2.32. The van der Waals surface area contributed by atoms with Crippen LogP contribution < -0.4 is 5.32 Å². The third-order valence-electron chi connectivity index (χ3n) is 3.38. The normalized spacial score (nSPS) is 11.8. The fourth-order valence-electron chi connectivity index (χ4n) is 2.19. The molecule has 0 aliphatic heterocycles. The van der Waals surface area contributed by atoms with Gasteiger partial charge in [-0.15, -0.1) is 0 Å². The molecule has 2 aromatic rings. The molecular weight excluding hydrogens is 304 g/mol. The van der Waals surface area contributed by atoms with Gasteiger partial charge in [-0.2, -0.15) is 0 Å². The van der Waals surface area contributed by atoms with Gasteiger partial charge in [-0.25, -0.2) is 0 Å². The summed E-state index contributed by atoms with van der Waals surface area (Å²) in [6, 6.07) is 11.5. The van der Waals surface area contributed by atoms with Gasteiger partial charge in [0.2, 0.25) is 0 Å². The molecule has 5 nitrogen and oxygen atoms in total. The zero-order valence-electron chi connectivity index (χ0n) is 12.2. The van der Waals surface area contributed by atoms with Crippen molar-refractivity contribution < 1.29 is 9.72 Å². The van der Waals surface area contributed by atoms with Gasteiger partial charge in [-0.05, 0) is 37.6 Å². The number of hydrogen-bond acceptors (Lipinski definition) is 3. The van der Waals surface area contributed by atoms with Crippen LogP contribution in [0.1, 0.15) is 34.5 Å². The van der Waals surface area contributed by atoms with Crippen molar-refractivity contribution in [1.29, 1.82) is 0 Å². The molecule has 0 aliphatic carbocycles. The number of hydrogen-bond donors (Lipinski definition) is 1. The molecule has 0 saturated carbocycles. The smallest absolute Gasteiger partial charge is 0.285 e. The minimum atomic E-state index is -0.531. The average molecular weight is 319 g/mol. The van der Waals surface area contributed by atoms with Crippen molar-refractivity contribution in [3.63, 3.8) is 0 Å². The zero-order valence-corrected chi connectivity index (χ0v) is 12.9. The second-order valence-corrected chi connectivity index (χ2v) is 5.41. The van der Waals surface area contributed by atoms with Gasteiger partial charge in [-0.1, -0.05) is 35.9 Å². The van der Waals surface area contributed by atoms with Gasteiger partial charge in [0.25, 0.3) is 11.6 Å². The number of para-hydroxylation sites is 1. The SMILES string of the molecule is Cc1cccc(C(=O)N[C@H](C)c2ccc(Cl)cc2)c1[N+](=O)[O-]. The molecule has 0 radical (unpaired) electrons. The molecular formula is C16H15ClN2O3. The second-order valence-electron chi connectivity index (χ2n) is 4.97. The molecule has 0 bridgehead atoms. The highest BCUT2D eigenvalue weighted by Crippen LogP contribution is 2.24. The van der Waals surface area contributed by atoms with Gasteiger partial charge in [0, 0.05) is 10.6 Å². The first-order valence-electron chi connectivity index (χ1n) is 6.70. The summed E-state index contributed by atoms with van der Waals surface area (Å²) >= 11 is 5.83. The van der Waals surface area contributed by atoms with E-state index in [0.29, 0.717) is 10.6 Å². The van der Waals surface area contributed by atoms with E-state index in [1.54, 1.807) is 43.3 Å². The summed E-state index contributed by atoms with van der Waals surface area (Å²) in [6.45, 7) is 3.42. The van der Waals surface area contributed by atoms with E-state index in [1.165, 1.54) is 6.07 Å². The lowest BCUT2D eigenvalue weighted by Crippen LogP contribution is -2.27. The third-order valence-corrected chi connectivity index (χ3v) is 3.63. The summed E-state index contributed by atoms with van der Waals surface area (Å²) in [5, 5.41) is 14.5. The van der Waals surface area contributed by atoms with E-state index in [1.807, 2.05) is 6.92 Å². The molecule has 0 spiro atoms. The quantitative estimate of drug-likeness (QED) is 0.682. The molecule has 0 aromatic heterocycles. The number of benzene rings is 2.